The molecule has 0 unspecified atom stereocenters. The molecule has 2 atom stereocenters. The van der Waals surface area contributed by atoms with Crippen LogP contribution in [0.25, 0.3) is 0 Å². The summed E-state index contributed by atoms with van der Waals surface area (Å²) >= 11 is 0. The number of nitrogens with one attached hydrogen (secondary N) is 1. The molecule has 20 heavy (non-hydrogen) atoms. The molecule has 1 amide bonds. The summed E-state index contributed by atoms with van der Waals surface area (Å²) in [6.45, 7) is 1.51. The zero-order valence-corrected chi connectivity index (χ0v) is 12.7. The lowest BCUT2D eigenvalue weighted by Gasteiger charge is -2.44. The molecule has 1 spiro atoms. The van der Waals surface area contributed by atoms with Crippen LogP contribution in [0.2, 0.25) is 0 Å². The van der Waals surface area contributed by atoms with Gasteiger partial charge in [0.15, 0.2) is 0 Å². The highest BCUT2D eigenvalue weighted by Crippen LogP contribution is 2.36. The Morgan fingerprint density at radius 3 is 2.85 bits per heavy atom. The number of nitrogens with zero attached hydrogens (tertiary/aromatic N) is 1. The Morgan fingerprint density at radius 1 is 1.55 bits per heavy atom. The minimum Gasteiger partial charge on any atom is -0.378 e. The van der Waals surface area contributed by atoms with Gasteiger partial charge >= 0.3 is 0 Å². The van der Waals surface area contributed by atoms with Crippen LogP contribution >= 0.6 is 0 Å². The molecule has 1 N–H and O–H groups in total. The lowest BCUT2D eigenvalue weighted by molar-refractivity contribution is -0.159. The number of sulfonamides is 1. The Hall–Kier alpha value is -0.700. The van der Waals surface area contributed by atoms with E-state index in [4.69, 9.17) is 9.47 Å². The Morgan fingerprint density at radius 2 is 2.30 bits per heavy atom. The Kier molecular flexibility index (Phi) is 4.68. The fourth-order valence-corrected chi connectivity index (χ4v) is 3.37. The minimum absolute atomic E-state index is 0.00285. The van der Waals surface area contributed by atoms with E-state index >= 15 is 0 Å². The molecule has 0 bridgehead atoms. The molecule has 0 radical (unpaired) electrons. The van der Waals surface area contributed by atoms with E-state index in [2.05, 4.69) is 4.72 Å². The highest BCUT2D eigenvalue weighted by Gasteiger charge is 2.48. The van der Waals surface area contributed by atoms with Crippen molar-refractivity contribution in [2.75, 3.05) is 39.6 Å². The van der Waals surface area contributed by atoms with Crippen molar-refractivity contribution in [1.82, 2.24) is 9.62 Å². The number of hydrogen-bond donors (Lipinski definition) is 1. The van der Waals surface area contributed by atoms with Crippen LogP contribution in [0, 0.1) is 0 Å². The standard InChI is InChI=1S/C12H22N2O5S/c1-18-10-4-6-14(9-12(10)5-3-7-19-12)11(15)8-13-20(2,16)17/h10,13H,3-9H2,1-2H3/t10-,12-/m0/s1. The van der Waals surface area contributed by atoms with Gasteiger partial charge in [0.25, 0.3) is 0 Å². The number of ether oxygens (including phenoxy) is 2. The molecule has 2 heterocycles. The van der Waals surface area contributed by atoms with Gasteiger partial charge in [0, 0.05) is 20.3 Å². The molecule has 8 heteroatoms. The van der Waals surface area contributed by atoms with Crippen molar-refractivity contribution >= 4 is 15.9 Å². The molecule has 0 saturated carbocycles. The first-order valence-electron chi connectivity index (χ1n) is 6.75. The van der Waals surface area contributed by atoms with Gasteiger partial charge in [-0.15, -0.1) is 0 Å². The third kappa shape index (κ3) is 3.49. The summed E-state index contributed by atoms with van der Waals surface area (Å²) in [6.07, 6.45) is 3.58. The monoisotopic (exact) mass is 306 g/mol. The highest BCUT2D eigenvalue weighted by atomic mass is 32.2. The Balaban J connectivity index is 1.99. The van der Waals surface area contributed by atoms with Crippen molar-refractivity contribution < 1.29 is 22.7 Å². The Labute approximate surface area is 119 Å². The SMILES string of the molecule is CO[C@H]1CCN(C(=O)CNS(C)(=O)=O)C[C@@]12CCCO2. The maximum atomic E-state index is 12.1. The number of hydrogen-bond acceptors (Lipinski definition) is 5. The number of rotatable bonds is 4. The normalized spacial score (nSPS) is 30.9. The van der Waals surface area contributed by atoms with Gasteiger partial charge in [-0.25, -0.2) is 13.1 Å². The van der Waals surface area contributed by atoms with Gasteiger partial charge in [-0.05, 0) is 19.3 Å². The third-order valence-electron chi connectivity index (χ3n) is 3.96. The molecule has 7 nitrogen and oxygen atoms in total. The van der Waals surface area contributed by atoms with Crippen molar-refractivity contribution in [2.45, 2.75) is 31.0 Å². The summed E-state index contributed by atoms with van der Waals surface area (Å²) in [5.41, 5.74) is -0.423. The minimum atomic E-state index is -3.35. The average Bonchev–Trinajstić information content (AvgIpc) is 2.84. The number of piperidine rings is 1. The molecule has 0 aliphatic carbocycles. The maximum absolute atomic E-state index is 12.1. The highest BCUT2D eigenvalue weighted by molar-refractivity contribution is 7.88. The van der Waals surface area contributed by atoms with Crippen LogP contribution in [0.1, 0.15) is 19.3 Å². The summed E-state index contributed by atoms with van der Waals surface area (Å²) in [4.78, 5) is 13.7. The molecule has 2 aliphatic rings. The van der Waals surface area contributed by atoms with Gasteiger partial charge in [-0.2, -0.15) is 0 Å². The van der Waals surface area contributed by atoms with Crippen LogP contribution in [0.15, 0.2) is 0 Å². The zero-order valence-electron chi connectivity index (χ0n) is 11.9. The second-order valence-electron chi connectivity index (χ2n) is 5.44. The van der Waals surface area contributed by atoms with Gasteiger partial charge < -0.3 is 14.4 Å². The van der Waals surface area contributed by atoms with E-state index in [0.717, 1.165) is 19.1 Å². The molecular formula is C12H22N2O5S. The molecule has 116 valence electrons. The fourth-order valence-electron chi connectivity index (χ4n) is 2.99. The molecule has 2 fully saturated rings. The van der Waals surface area contributed by atoms with Crippen molar-refractivity contribution in [2.24, 2.45) is 0 Å². The predicted molar refractivity (Wildman–Crippen MR) is 72.8 cm³/mol. The van der Waals surface area contributed by atoms with Gasteiger partial charge in [0.2, 0.25) is 15.9 Å². The molecule has 0 aromatic rings. The molecule has 2 rings (SSSR count). The van der Waals surface area contributed by atoms with E-state index in [1.807, 2.05) is 0 Å². The zero-order chi connectivity index (χ0) is 14.8. The van der Waals surface area contributed by atoms with Crippen LogP contribution in [-0.4, -0.2) is 70.5 Å². The van der Waals surface area contributed by atoms with E-state index in [0.29, 0.717) is 26.1 Å². The van der Waals surface area contributed by atoms with Crippen molar-refractivity contribution in [3.63, 3.8) is 0 Å². The third-order valence-corrected chi connectivity index (χ3v) is 4.63. The first-order valence-corrected chi connectivity index (χ1v) is 8.65. The number of amides is 1. The predicted octanol–water partition coefficient (Wildman–Crippen LogP) is -0.668. The molecule has 2 saturated heterocycles. The van der Waals surface area contributed by atoms with E-state index < -0.39 is 15.6 Å². The maximum Gasteiger partial charge on any atom is 0.237 e. The molecular weight excluding hydrogens is 284 g/mol. The van der Waals surface area contributed by atoms with E-state index in [1.165, 1.54) is 0 Å². The summed E-state index contributed by atoms with van der Waals surface area (Å²) in [7, 11) is -1.69. The largest absolute Gasteiger partial charge is 0.378 e. The summed E-state index contributed by atoms with van der Waals surface area (Å²) in [5, 5.41) is 0. The van der Waals surface area contributed by atoms with Gasteiger partial charge in [-0.1, -0.05) is 0 Å². The summed E-state index contributed by atoms with van der Waals surface area (Å²) < 4.78 is 35.7. The number of carbonyl (C=O) groups excluding carboxylic acids is 1. The Bertz CT molecular complexity index is 458. The van der Waals surface area contributed by atoms with Crippen LogP contribution < -0.4 is 4.72 Å². The van der Waals surface area contributed by atoms with Crippen LogP contribution in [0.3, 0.4) is 0 Å². The molecule has 2 aliphatic heterocycles. The first kappa shape index (κ1) is 15.7. The average molecular weight is 306 g/mol. The lowest BCUT2D eigenvalue weighted by Crippen LogP contribution is -2.59. The van der Waals surface area contributed by atoms with Gasteiger partial charge in [0.05, 0.1) is 25.4 Å². The first-order chi connectivity index (χ1) is 9.36. The summed E-state index contributed by atoms with van der Waals surface area (Å²) in [5.74, 6) is -0.222. The van der Waals surface area contributed by atoms with E-state index in [-0.39, 0.29) is 18.6 Å². The second kappa shape index (κ2) is 5.97. The number of likely N-dealkylation sites (tertiary alicyclic amines) is 1. The quantitative estimate of drug-likeness (QED) is 0.745. The fraction of sp³-hybridized carbons (Fsp3) is 0.917. The van der Waals surface area contributed by atoms with Crippen LogP contribution in [-0.2, 0) is 24.3 Å². The number of methoxy groups -OCH3 is 1. The van der Waals surface area contributed by atoms with Crippen LogP contribution in [0.5, 0.6) is 0 Å². The van der Waals surface area contributed by atoms with E-state index in [9.17, 15) is 13.2 Å². The topological polar surface area (TPSA) is 84.9 Å². The van der Waals surface area contributed by atoms with Crippen LogP contribution in [0.4, 0.5) is 0 Å². The van der Waals surface area contributed by atoms with Gasteiger partial charge in [-0.3, -0.25) is 4.79 Å². The van der Waals surface area contributed by atoms with Crippen molar-refractivity contribution in [1.29, 1.82) is 0 Å². The summed E-state index contributed by atoms with van der Waals surface area (Å²) in [6, 6.07) is 0. The molecule has 0 aromatic carbocycles. The second-order valence-corrected chi connectivity index (χ2v) is 7.27. The van der Waals surface area contributed by atoms with Gasteiger partial charge in [0.1, 0.15) is 5.60 Å². The van der Waals surface area contributed by atoms with Crippen molar-refractivity contribution in [3.8, 4) is 0 Å². The molecule has 0 aromatic heterocycles. The van der Waals surface area contributed by atoms with Crippen molar-refractivity contribution in [3.05, 3.63) is 0 Å². The van der Waals surface area contributed by atoms with E-state index in [1.54, 1.807) is 12.0 Å². The smallest absolute Gasteiger partial charge is 0.237 e. The lowest BCUT2D eigenvalue weighted by atomic mass is 9.87. The number of carbonyl (C=O) groups is 1.